The molecule has 0 saturated carbocycles. The van der Waals surface area contributed by atoms with Gasteiger partial charge in [-0.25, -0.2) is 0 Å². The fourth-order valence-corrected chi connectivity index (χ4v) is 2.39. The summed E-state index contributed by atoms with van der Waals surface area (Å²) in [5.41, 5.74) is -1.02. The molecule has 118 valence electrons. The Hall–Kier alpha value is -2.47. The number of Topliss-reactive ketones (excluding diaryl/α,β-unsaturated/α-hetero) is 1. The van der Waals surface area contributed by atoms with Crippen LogP contribution in [-0.4, -0.2) is 10.9 Å². The normalized spacial score (nSPS) is 15.7. The highest BCUT2D eigenvalue weighted by molar-refractivity contribution is 6.30. The average Bonchev–Trinajstić information content (AvgIpc) is 2.75. The second kappa shape index (κ2) is 5.31. The highest BCUT2D eigenvalue weighted by Crippen LogP contribution is 2.38. The molecule has 0 saturated heterocycles. The SMILES string of the molecule is O=C1/C(=C/c2ccc(Cl)cc2C(F)(F)F)Oc2cc(O)ccc21. The van der Waals surface area contributed by atoms with Crippen molar-refractivity contribution in [2.45, 2.75) is 6.18 Å². The molecule has 0 bridgehead atoms. The lowest BCUT2D eigenvalue weighted by Gasteiger charge is -2.11. The fraction of sp³-hybridized carbons (Fsp3) is 0.0625. The highest BCUT2D eigenvalue weighted by atomic mass is 35.5. The number of carbonyl (C=O) groups is 1. The molecule has 23 heavy (non-hydrogen) atoms. The summed E-state index contributed by atoms with van der Waals surface area (Å²) in [7, 11) is 0. The summed E-state index contributed by atoms with van der Waals surface area (Å²) in [5.74, 6) is -0.814. The average molecular weight is 341 g/mol. The zero-order valence-electron chi connectivity index (χ0n) is 11.3. The van der Waals surface area contributed by atoms with Gasteiger partial charge in [-0.15, -0.1) is 0 Å². The van der Waals surface area contributed by atoms with Gasteiger partial charge in [-0.1, -0.05) is 17.7 Å². The van der Waals surface area contributed by atoms with E-state index in [1.807, 2.05) is 0 Å². The van der Waals surface area contributed by atoms with Gasteiger partial charge in [0, 0.05) is 11.1 Å². The van der Waals surface area contributed by atoms with Gasteiger partial charge in [-0.2, -0.15) is 13.2 Å². The van der Waals surface area contributed by atoms with Crippen LogP contribution in [0, 0.1) is 0 Å². The van der Waals surface area contributed by atoms with Crippen molar-refractivity contribution in [3.8, 4) is 11.5 Å². The van der Waals surface area contributed by atoms with Gasteiger partial charge in [-0.3, -0.25) is 4.79 Å². The van der Waals surface area contributed by atoms with Crippen molar-refractivity contribution in [2.24, 2.45) is 0 Å². The third-order valence-electron chi connectivity index (χ3n) is 3.26. The van der Waals surface area contributed by atoms with Crippen LogP contribution in [0.1, 0.15) is 21.5 Å². The van der Waals surface area contributed by atoms with Gasteiger partial charge < -0.3 is 9.84 Å². The molecule has 0 unspecified atom stereocenters. The van der Waals surface area contributed by atoms with E-state index in [0.29, 0.717) is 0 Å². The van der Waals surface area contributed by atoms with E-state index in [-0.39, 0.29) is 33.4 Å². The predicted octanol–water partition coefficient (Wildman–Crippen LogP) is 4.68. The number of aromatic hydroxyl groups is 1. The number of fused-ring (bicyclic) bond motifs is 1. The maximum Gasteiger partial charge on any atom is 0.417 e. The minimum Gasteiger partial charge on any atom is -0.508 e. The molecule has 0 aromatic heterocycles. The largest absolute Gasteiger partial charge is 0.508 e. The zero-order chi connectivity index (χ0) is 16.8. The van der Waals surface area contributed by atoms with Crippen molar-refractivity contribution in [2.75, 3.05) is 0 Å². The highest BCUT2D eigenvalue weighted by Gasteiger charge is 2.34. The molecule has 0 aliphatic carbocycles. The second-order valence-electron chi connectivity index (χ2n) is 4.85. The maximum absolute atomic E-state index is 13.1. The lowest BCUT2D eigenvalue weighted by Crippen LogP contribution is -2.08. The number of phenols is 1. The van der Waals surface area contributed by atoms with Crippen molar-refractivity contribution >= 4 is 23.5 Å². The minimum atomic E-state index is -4.62. The van der Waals surface area contributed by atoms with Crippen molar-refractivity contribution in [1.82, 2.24) is 0 Å². The molecule has 1 heterocycles. The van der Waals surface area contributed by atoms with E-state index in [0.717, 1.165) is 18.2 Å². The number of hydrogen-bond donors (Lipinski definition) is 1. The van der Waals surface area contributed by atoms with Gasteiger partial charge >= 0.3 is 6.18 Å². The Bertz CT molecular complexity index is 841. The van der Waals surface area contributed by atoms with Crippen LogP contribution < -0.4 is 4.74 Å². The summed E-state index contributed by atoms with van der Waals surface area (Å²) in [4.78, 5) is 12.2. The summed E-state index contributed by atoms with van der Waals surface area (Å²) in [5, 5.41) is 9.30. The first-order chi connectivity index (χ1) is 10.8. The van der Waals surface area contributed by atoms with Gasteiger partial charge in [-0.05, 0) is 35.9 Å². The van der Waals surface area contributed by atoms with Crippen LogP contribution in [0.25, 0.3) is 6.08 Å². The first-order valence-corrected chi connectivity index (χ1v) is 6.77. The Balaban J connectivity index is 2.06. The summed E-state index contributed by atoms with van der Waals surface area (Å²) < 4.78 is 44.5. The van der Waals surface area contributed by atoms with Crippen LogP contribution >= 0.6 is 11.6 Å². The minimum absolute atomic E-state index is 0.0636. The van der Waals surface area contributed by atoms with E-state index in [2.05, 4.69) is 0 Å². The van der Waals surface area contributed by atoms with E-state index in [1.54, 1.807) is 0 Å². The molecule has 2 aromatic carbocycles. The fourth-order valence-electron chi connectivity index (χ4n) is 2.22. The van der Waals surface area contributed by atoms with E-state index in [1.165, 1.54) is 24.3 Å². The van der Waals surface area contributed by atoms with Crippen LogP contribution in [0.15, 0.2) is 42.2 Å². The number of allylic oxidation sites excluding steroid dienone is 1. The molecule has 0 atom stereocenters. The van der Waals surface area contributed by atoms with Crippen LogP contribution in [0.3, 0.4) is 0 Å². The Morgan fingerprint density at radius 2 is 1.87 bits per heavy atom. The smallest absolute Gasteiger partial charge is 0.417 e. The lowest BCUT2D eigenvalue weighted by atomic mass is 10.0. The number of alkyl halides is 3. The third-order valence-corrected chi connectivity index (χ3v) is 3.50. The predicted molar refractivity (Wildman–Crippen MR) is 77.5 cm³/mol. The molecule has 1 N–H and O–H groups in total. The third kappa shape index (κ3) is 2.90. The van der Waals surface area contributed by atoms with E-state index in [4.69, 9.17) is 16.3 Å². The summed E-state index contributed by atoms with van der Waals surface area (Å²) >= 11 is 5.61. The van der Waals surface area contributed by atoms with Crippen molar-refractivity contribution < 1.29 is 27.8 Å². The molecule has 7 heteroatoms. The topological polar surface area (TPSA) is 46.5 Å². The quantitative estimate of drug-likeness (QED) is 0.767. The maximum atomic E-state index is 13.1. The van der Waals surface area contributed by atoms with Crippen molar-refractivity contribution in [1.29, 1.82) is 0 Å². The molecule has 3 rings (SSSR count). The number of halogens is 4. The van der Waals surface area contributed by atoms with Crippen molar-refractivity contribution in [3.05, 3.63) is 63.9 Å². The molecule has 0 fully saturated rings. The Kier molecular flexibility index (Phi) is 3.56. The van der Waals surface area contributed by atoms with Crippen LogP contribution in [0.4, 0.5) is 13.2 Å². The Morgan fingerprint density at radius 1 is 1.13 bits per heavy atom. The molecule has 3 nitrogen and oxygen atoms in total. The standard InChI is InChI=1S/C16H8ClF3O3/c17-9-2-1-8(12(6-9)16(18,19)20)5-14-15(22)11-4-3-10(21)7-13(11)23-14/h1-7,21H/b14-5-. The molecule has 0 radical (unpaired) electrons. The zero-order valence-corrected chi connectivity index (χ0v) is 12.1. The summed E-state index contributed by atoms with van der Waals surface area (Å²) in [6.45, 7) is 0. The van der Waals surface area contributed by atoms with E-state index in [9.17, 15) is 23.1 Å². The molecule has 0 spiro atoms. The second-order valence-corrected chi connectivity index (χ2v) is 5.29. The van der Waals surface area contributed by atoms with E-state index < -0.39 is 17.5 Å². The number of benzene rings is 2. The Morgan fingerprint density at radius 3 is 2.57 bits per heavy atom. The van der Waals surface area contributed by atoms with Crippen LogP contribution in [0.2, 0.25) is 5.02 Å². The number of hydrogen-bond acceptors (Lipinski definition) is 3. The first kappa shape index (κ1) is 15.4. The number of ketones is 1. The number of rotatable bonds is 1. The monoisotopic (exact) mass is 340 g/mol. The summed E-state index contributed by atoms with van der Waals surface area (Å²) in [6, 6.07) is 7.11. The van der Waals surface area contributed by atoms with Gasteiger partial charge in [0.15, 0.2) is 5.76 Å². The molecule has 0 amide bonds. The van der Waals surface area contributed by atoms with Gasteiger partial charge in [0.2, 0.25) is 5.78 Å². The van der Waals surface area contributed by atoms with Crippen LogP contribution in [0.5, 0.6) is 11.5 Å². The van der Waals surface area contributed by atoms with Crippen LogP contribution in [-0.2, 0) is 6.18 Å². The van der Waals surface area contributed by atoms with Gasteiger partial charge in [0.25, 0.3) is 0 Å². The summed E-state index contributed by atoms with van der Waals surface area (Å²) in [6.07, 6.45) is -3.61. The first-order valence-electron chi connectivity index (χ1n) is 6.40. The molecular formula is C16H8ClF3O3. The molecular weight excluding hydrogens is 333 g/mol. The Labute approximate surface area is 133 Å². The molecule has 1 aliphatic heterocycles. The van der Waals surface area contributed by atoms with E-state index >= 15 is 0 Å². The van der Waals surface area contributed by atoms with Crippen molar-refractivity contribution in [3.63, 3.8) is 0 Å². The number of ether oxygens (including phenoxy) is 1. The molecule has 1 aliphatic rings. The number of carbonyl (C=O) groups excluding carboxylic acids is 1. The number of phenolic OH excluding ortho intramolecular Hbond substituents is 1. The lowest BCUT2D eigenvalue weighted by molar-refractivity contribution is -0.137. The van der Waals surface area contributed by atoms with Gasteiger partial charge in [0.05, 0.1) is 11.1 Å². The molecule has 2 aromatic rings. The van der Waals surface area contributed by atoms with Gasteiger partial charge in [0.1, 0.15) is 11.5 Å².